The minimum atomic E-state index is -0.444. The van der Waals surface area contributed by atoms with Crippen LogP contribution in [-0.4, -0.2) is 48.7 Å². The van der Waals surface area contributed by atoms with Crippen molar-refractivity contribution in [2.45, 2.75) is 6.42 Å². The fraction of sp³-hybridized carbons (Fsp3) is 0.273. The fourth-order valence-corrected chi connectivity index (χ4v) is 3.59. The zero-order chi connectivity index (χ0) is 20.3. The number of esters is 2. The van der Waals surface area contributed by atoms with Gasteiger partial charge >= 0.3 is 11.9 Å². The van der Waals surface area contributed by atoms with Crippen molar-refractivity contribution >= 4 is 28.4 Å². The lowest BCUT2D eigenvalue weighted by atomic mass is 10.0. The van der Waals surface area contributed by atoms with E-state index in [2.05, 4.69) is 11.5 Å². The summed E-state index contributed by atoms with van der Waals surface area (Å²) in [6.07, 6.45) is 6.20. The van der Waals surface area contributed by atoms with Crippen molar-refractivity contribution in [1.82, 2.24) is 9.47 Å². The SMILES string of the molecule is C=C(C(=O)OC)c1c(CCN2C=C(C(=O)OC)C=CC2)c2ccccc2n1C. The van der Waals surface area contributed by atoms with Crippen LogP contribution < -0.4 is 0 Å². The summed E-state index contributed by atoms with van der Waals surface area (Å²) in [5.74, 6) is -0.799. The number of aryl methyl sites for hydroxylation is 1. The van der Waals surface area contributed by atoms with E-state index >= 15 is 0 Å². The second-order valence-electron chi connectivity index (χ2n) is 6.60. The van der Waals surface area contributed by atoms with Crippen LogP contribution in [0.5, 0.6) is 0 Å². The number of rotatable bonds is 6. The van der Waals surface area contributed by atoms with E-state index < -0.39 is 5.97 Å². The largest absolute Gasteiger partial charge is 0.465 e. The van der Waals surface area contributed by atoms with Gasteiger partial charge in [-0.1, -0.05) is 30.9 Å². The van der Waals surface area contributed by atoms with Crippen LogP contribution in [0.25, 0.3) is 16.5 Å². The third-order valence-corrected chi connectivity index (χ3v) is 4.96. The molecule has 1 aliphatic heterocycles. The molecule has 0 saturated carbocycles. The Morgan fingerprint density at radius 1 is 1.18 bits per heavy atom. The first kappa shape index (κ1) is 19.5. The van der Waals surface area contributed by atoms with Crippen LogP contribution in [0.1, 0.15) is 11.3 Å². The number of carbonyl (C=O) groups excluding carboxylic acids is 2. The van der Waals surface area contributed by atoms with Crippen molar-refractivity contribution in [3.05, 3.63) is 66.0 Å². The van der Waals surface area contributed by atoms with E-state index in [4.69, 9.17) is 9.47 Å². The molecule has 6 heteroatoms. The van der Waals surface area contributed by atoms with Crippen LogP contribution in [0.2, 0.25) is 0 Å². The first-order valence-electron chi connectivity index (χ1n) is 9.02. The monoisotopic (exact) mass is 380 g/mol. The number of aromatic nitrogens is 1. The standard InChI is InChI=1S/C22H24N2O4/c1-15(21(25)27-3)20-18(17-9-5-6-10-19(17)23(20)2)11-13-24-12-7-8-16(14-24)22(26)28-4/h5-10,14H,1,11-13H2,2-4H3. The lowest BCUT2D eigenvalue weighted by Gasteiger charge is -2.22. The Hall–Kier alpha value is -3.28. The molecule has 0 amide bonds. The zero-order valence-electron chi connectivity index (χ0n) is 16.4. The Labute approximate surface area is 164 Å². The average molecular weight is 380 g/mol. The number of methoxy groups -OCH3 is 2. The van der Waals surface area contributed by atoms with Crippen LogP contribution in [0.15, 0.2) is 54.8 Å². The molecule has 6 nitrogen and oxygen atoms in total. The normalized spacial score (nSPS) is 13.4. The summed E-state index contributed by atoms with van der Waals surface area (Å²) in [7, 11) is 4.65. The molecular formula is C22H24N2O4. The van der Waals surface area contributed by atoms with Crippen molar-refractivity contribution in [1.29, 1.82) is 0 Å². The fourth-order valence-electron chi connectivity index (χ4n) is 3.59. The molecule has 28 heavy (non-hydrogen) atoms. The third kappa shape index (κ3) is 3.58. The third-order valence-electron chi connectivity index (χ3n) is 4.96. The van der Waals surface area contributed by atoms with Crippen molar-refractivity contribution in [3.63, 3.8) is 0 Å². The van der Waals surface area contributed by atoms with Gasteiger partial charge in [0.1, 0.15) is 0 Å². The molecule has 1 aromatic carbocycles. The van der Waals surface area contributed by atoms with E-state index in [1.165, 1.54) is 14.2 Å². The van der Waals surface area contributed by atoms with E-state index in [1.54, 1.807) is 6.08 Å². The molecule has 0 saturated heterocycles. The highest BCUT2D eigenvalue weighted by atomic mass is 16.5. The summed E-state index contributed by atoms with van der Waals surface area (Å²) in [6.45, 7) is 5.35. The molecule has 0 radical (unpaired) electrons. The minimum absolute atomic E-state index is 0.334. The molecular weight excluding hydrogens is 356 g/mol. The maximum absolute atomic E-state index is 12.1. The Morgan fingerprint density at radius 2 is 1.93 bits per heavy atom. The quantitative estimate of drug-likeness (QED) is 0.570. The van der Waals surface area contributed by atoms with Crippen LogP contribution in [-0.2, 0) is 32.5 Å². The molecule has 1 aliphatic rings. The van der Waals surface area contributed by atoms with Gasteiger partial charge in [-0.2, -0.15) is 0 Å². The van der Waals surface area contributed by atoms with Crippen molar-refractivity contribution < 1.29 is 19.1 Å². The number of nitrogens with zero attached hydrogens (tertiary/aromatic N) is 2. The highest BCUT2D eigenvalue weighted by Gasteiger charge is 2.22. The number of hydrogen-bond acceptors (Lipinski definition) is 5. The predicted molar refractivity (Wildman–Crippen MR) is 108 cm³/mol. The summed E-state index contributed by atoms with van der Waals surface area (Å²) in [5, 5.41) is 1.08. The molecule has 2 aromatic rings. The van der Waals surface area contributed by atoms with E-state index in [-0.39, 0.29) is 5.97 Å². The highest BCUT2D eigenvalue weighted by Crippen LogP contribution is 2.31. The number of benzene rings is 1. The average Bonchev–Trinajstić information content (AvgIpc) is 3.02. The van der Waals surface area contributed by atoms with Crippen LogP contribution in [0, 0.1) is 0 Å². The topological polar surface area (TPSA) is 60.8 Å². The summed E-state index contributed by atoms with van der Waals surface area (Å²) in [5.41, 5.74) is 3.70. The summed E-state index contributed by atoms with van der Waals surface area (Å²) in [6, 6.07) is 8.02. The van der Waals surface area contributed by atoms with Crippen LogP contribution in [0.3, 0.4) is 0 Å². The zero-order valence-corrected chi connectivity index (χ0v) is 16.4. The molecule has 0 aliphatic carbocycles. The number of carbonyl (C=O) groups is 2. The lowest BCUT2D eigenvalue weighted by molar-refractivity contribution is -0.136. The van der Waals surface area contributed by atoms with Gasteiger partial charge in [0.25, 0.3) is 0 Å². The van der Waals surface area contributed by atoms with Crippen LogP contribution in [0.4, 0.5) is 0 Å². The van der Waals surface area contributed by atoms with E-state index in [0.29, 0.717) is 30.7 Å². The molecule has 0 fully saturated rings. The van der Waals surface area contributed by atoms with Gasteiger partial charge in [-0.25, -0.2) is 9.59 Å². The van der Waals surface area contributed by atoms with E-state index in [1.807, 2.05) is 48.2 Å². The van der Waals surface area contributed by atoms with Gasteiger partial charge < -0.3 is 18.9 Å². The van der Waals surface area contributed by atoms with Crippen molar-refractivity contribution in [3.8, 4) is 0 Å². The molecule has 0 bridgehead atoms. The summed E-state index contributed by atoms with van der Waals surface area (Å²) >= 11 is 0. The maximum atomic E-state index is 12.1. The minimum Gasteiger partial charge on any atom is -0.465 e. The summed E-state index contributed by atoms with van der Waals surface area (Å²) < 4.78 is 11.7. The molecule has 0 atom stereocenters. The maximum Gasteiger partial charge on any atom is 0.339 e. The predicted octanol–water partition coefficient (Wildman–Crippen LogP) is 2.84. The molecule has 0 N–H and O–H groups in total. The first-order chi connectivity index (χ1) is 13.5. The van der Waals surface area contributed by atoms with Gasteiger partial charge in [-0.3, -0.25) is 0 Å². The number of ether oxygens (including phenoxy) is 2. The second-order valence-corrected chi connectivity index (χ2v) is 6.60. The highest BCUT2D eigenvalue weighted by molar-refractivity contribution is 6.17. The second kappa shape index (κ2) is 8.17. The van der Waals surface area contributed by atoms with Gasteiger partial charge in [0.15, 0.2) is 0 Å². The smallest absolute Gasteiger partial charge is 0.339 e. The van der Waals surface area contributed by atoms with Crippen molar-refractivity contribution in [2.24, 2.45) is 7.05 Å². The number of fused-ring (bicyclic) bond motifs is 1. The van der Waals surface area contributed by atoms with Crippen molar-refractivity contribution in [2.75, 3.05) is 27.3 Å². The molecule has 0 unspecified atom stereocenters. The number of hydrogen-bond donors (Lipinski definition) is 0. The van der Waals surface area contributed by atoms with E-state index in [9.17, 15) is 9.59 Å². The Morgan fingerprint density at radius 3 is 2.64 bits per heavy atom. The molecule has 146 valence electrons. The molecule has 1 aromatic heterocycles. The van der Waals surface area contributed by atoms with E-state index in [0.717, 1.165) is 22.2 Å². The van der Waals surface area contributed by atoms with Gasteiger partial charge in [0.05, 0.1) is 31.1 Å². The van der Waals surface area contributed by atoms with Crippen LogP contribution >= 0.6 is 0 Å². The van der Waals surface area contributed by atoms with Gasteiger partial charge in [-0.05, 0) is 24.1 Å². The molecule has 3 rings (SSSR count). The molecule has 2 heterocycles. The Kier molecular flexibility index (Phi) is 5.68. The molecule has 0 spiro atoms. The Balaban J connectivity index is 1.93. The Bertz CT molecular complexity index is 997. The van der Waals surface area contributed by atoms with Gasteiger partial charge in [0.2, 0.25) is 0 Å². The number of para-hydroxylation sites is 1. The van der Waals surface area contributed by atoms with Gasteiger partial charge in [0, 0.05) is 37.2 Å². The summed E-state index contributed by atoms with van der Waals surface area (Å²) in [4.78, 5) is 26.0. The lowest BCUT2D eigenvalue weighted by Crippen LogP contribution is -2.25. The van der Waals surface area contributed by atoms with Gasteiger partial charge in [-0.15, -0.1) is 0 Å². The first-order valence-corrected chi connectivity index (χ1v) is 9.02.